The molecule has 0 bridgehead atoms. The highest BCUT2D eigenvalue weighted by molar-refractivity contribution is 5.95. The maximum absolute atomic E-state index is 13.0. The summed E-state index contributed by atoms with van der Waals surface area (Å²) in [5.41, 5.74) is 2.73. The summed E-state index contributed by atoms with van der Waals surface area (Å²) in [6.07, 6.45) is -0.282. The van der Waals surface area contributed by atoms with Gasteiger partial charge in [0, 0.05) is 11.1 Å². The second-order valence-corrected chi connectivity index (χ2v) is 6.42. The van der Waals surface area contributed by atoms with Crippen LogP contribution in [0.15, 0.2) is 33.9 Å². The van der Waals surface area contributed by atoms with E-state index in [2.05, 4.69) is 25.0 Å². The van der Waals surface area contributed by atoms with Crippen LogP contribution >= 0.6 is 0 Å². The van der Waals surface area contributed by atoms with E-state index in [-0.39, 0.29) is 22.8 Å². The third-order valence-electron chi connectivity index (χ3n) is 4.69. The summed E-state index contributed by atoms with van der Waals surface area (Å²) in [7, 11) is 2.46. The van der Waals surface area contributed by atoms with Gasteiger partial charge in [0.05, 0.1) is 13.5 Å². The first-order chi connectivity index (χ1) is 14.3. The number of aromatic nitrogens is 4. The van der Waals surface area contributed by atoms with Crippen molar-refractivity contribution in [3.8, 4) is 11.4 Å². The topological polar surface area (TPSA) is 189 Å². The van der Waals surface area contributed by atoms with Gasteiger partial charge in [0.2, 0.25) is 0 Å². The molecule has 6 N–H and O–H groups in total. The molecule has 0 aliphatic heterocycles. The molecule has 30 heavy (non-hydrogen) atoms. The molecular weight excluding hydrogens is 394 g/mol. The van der Waals surface area contributed by atoms with Crippen LogP contribution in [0, 0.1) is 5.41 Å². The molecule has 156 valence electrons. The number of amidine groups is 1. The molecule has 0 saturated heterocycles. The Kier molecular flexibility index (Phi) is 5.34. The first kappa shape index (κ1) is 20.7. The number of imidazole rings is 1. The van der Waals surface area contributed by atoms with Crippen molar-refractivity contribution in [2.45, 2.75) is 12.1 Å². The van der Waals surface area contributed by atoms with Crippen molar-refractivity contribution in [1.29, 1.82) is 5.41 Å². The Balaban J connectivity index is 2.18. The zero-order valence-corrected chi connectivity index (χ0v) is 16.1. The van der Waals surface area contributed by atoms with Crippen molar-refractivity contribution in [2.24, 2.45) is 5.73 Å². The number of methoxy groups -OCH3 is 1. The van der Waals surface area contributed by atoms with Gasteiger partial charge in [-0.15, -0.1) is 0 Å². The van der Waals surface area contributed by atoms with Crippen LogP contribution in [0.3, 0.4) is 0 Å². The summed E-state index contributed by atoms with van der Waals surface area (Å²) < 4.78 is 5.19. The van der Waals surface area contributed by atoms with E-state index in [4.69, 9.17) is 11.1 Å². The number of aromatic amines is 2. The van der Waals surface area contributed by atoms with Crippen LogP contribution in [0.5, 0.6) is 0 Å². The standard InChI is InChI=1S/C18H19N7O5/c1-21-18(8-26,7-11(27)30-2)25-16(28)12-15(24-17(25)29)23-14(22-12)10-5-3-9(4-6-10)13(19)20/h3-6,8,21H,7H2,1-2H3,(H3,19,20)(H,22,23)(H,24,29). The van der Waals surface area contributed by atoms with E-state index in [0.717, 1.165) is 7.11 Å². The third kappa shape index (κ3) is 3.39. The minimum Gasteiger partial charge on any atom is -0.469 e. The first-order valence-electron chi connectivity index (χ1n) is 8.68. The number of esters is 1. The summed E-state index contributed by atoms with van der Waals surface area (Å²) in [6, 6.07) is 6.51. The predicted octanol–water partition coefficient (Wildman–Crippen LogP) is -1.00. The minimum atomic E-state index is -1.94. The number of H-pyrrole nitrogens is 2. The van der Waals surface area contributed by atoms with Crippen molar-refractivity contribution < 1.29 is 14.3 Å². The number of fused-ring (bicyclic) bond motifs is 1. The van der Waals surface area contributed by atoms with Gasteiger partial charge in [-0.25, -0.2) is 14.3 Å². The number of likely N-dealkylation sites (N-methyl/N-ethyl adjacent to an activating group) is 1. The summed E-state index contributed by atoms with van der Waals surface area (Å²) >= 11 is 0. The average molecular weight is 413 g/mol. The van der Waals surface area contributed by atoms with Gasteiger partial charge >= 0.3 is 11.7 Å². The van der Waals surface area contributed by atoms with Crippen molar-refractivity contribution in [3.63, 3.8) is 0 Å². The Morgan fingerprint density at radius 3 is 2.53 bits per heavy atom. The van der Waals surface area contributed by atoms with Gasteiger partial charge in [-0.1, -0.05) is 24.3 Å². The lowest BCUT2D eigenvalue weighted by molar-refractivity contribution is -0.145. The molecule has 1 aromatic carbocycles. The van der Waals surface area contributed by atoms with Crippen LogP contribution in [-0.4, -0.2) is 51.8 Å². The number of nitrogens with one attached hydrogen (secondary N) is 4. The quantitative estimate of drug-likeness (QED) is 0.141. The van der Waals surface area contributed by atoms with E-state index in [1.54, 1.807) is 24.3 Å². The van der Waals surface area contributed by atoms with Crippen LogP contribution in [0.2, 0.25) is 0 Å². The Hall–Kier alpha value is -4.06. The lowest BCUT2D eigenvalue weighted by Gasteiger charge is -2.27. The number of benzene rings is 1. The second kappa shape index (κ2) is 7.75. The molecular formula is C18H19N7O5. The maximum Gasteiger partial charge on any atom is 0.332 e. The van der Waals surface area contributed by atoms with Crippen LogP contribution in [-0.2, 0) is 20.0 Å². The van der Waals surface area contributed by atoms with E-state index in [0.29, 0.717) is 22.0 Å². The Bertz CT molecular complexity index is 1250. The van der Waals surface area contributed by atoms with Crippen molar-refractivity contribution in [2.75, 3.05) is 14.2 Å². The second-order valence-electron chi connectivity index (χ2n) is 6.42. The molecule has 1 atom stereocenters. The highest BCUT2D eigenvalue weighted by Crippen LogP contribution is 2.19. The number of nitrogens with zero attached hydrogens (tertiary/aromatic N) is 2. The molecule has 1 unspecified atom stereocenters. The fourth-order valence-electron chi connectivity index (χ4n) is 3.01. The molecule has 3 rings (SSSR count). The van der Waals surface area contributed by atoms with Crippen molar-refractivity contribution in [3.05, 3.63) is 50.7 Å². The number of nitrogens with two attached hydrogens (primary N) is 1. The predicted molar refractivity (Wildman–Crippen MR) is 107 cm³/mol. The molecule has 0 spiro atoms. The smallest absolute Gasteiger partial charge is 0.332 e. The zero-order chi connectivity index (χ0) is 22.1. The van der Waals surface area contributed by atoms with Gasteiger partial charge in [-0.3, -0.25) is 30.1 Å². The van der Waals surface area contributed by atoms with Crippen molar-refractivity contribution >= 4 is 29.3 Å². The van der Waals surface area contributed by atoms with Crippen molar-refractivity contribution in [1.82, 2.24) is 24.8 Å². The molecule has 12 heteroatoms. The number of carbonyl (C=O) groups is 2. The number of ether oxygens (including phenoxy) is 1. The highest BCUT2D eigenvalue weighted by atomic mass is 16.5. The molecule has 2 aromatic heterocycles. The van der Waals surface area contributed by atoms with E-state index in [1.807, 2.05) is 0 Å². The summed E-state index contributed by atoms with van der Waals surface area (Å²) in [5, 5.41) is 9.99. The molecule has 3 aromatic rings. The number of aldehydes is 1. The lowest BCUT2D eigenvalue weighted by Crippen LogP contribution is -2.58. The number of carbonyl (C=O) groups excluding carboxylic acids is 2. The van der Waals surface area contributed by atoms with E-state index < -0.39 is 29.3 Å². The van der Waals surface area contributed by atoms with Gasteiger partial charge in [0.25, 0.3) is 5.56 Å². The number of hydrogen-bond donors (Lipinski definition) is 5. The summed E-state index contributed by atoms with van der Waals surface area (Å²) in [6.45, 7) is 0. The molecule has 0 saturated carbocycles. The van der Waals surface area contributed by atoms with Gasteiger partial charge in [0.1, 0.15) is 17.2 Å². The molecule has 0 fully saturated rings. The molecule has 0 aliphatic rings. The number of nitrogen functional groups attached to an aromatic ring is 1. The Labute approximate surface area is 168 Å². The first-order valence-corrected chi connectivity index (χ1v) is 8.68. The Morgan fingerprint density at radius 1 is 1.33 bits per heavy atom. The molecule has 0 aliphatic carbocycles. The number of rotatable bonds is 7. The van der Waals surface area contributed by atoms with Crippen LogP contribution in [0.4, 0.5) is 0 Å². The van der Waals surface area contributed by atoms with Crippen LogP contribution in [0.1, 0.15) is 12.0 Å². The SMILES string of the molecule is CNC(C=O)(CC(=O)OC)n1c(=O)[nH]c2nc(-c3ccc(C(=N)N)cc3)[nH]c2c1=O. The fraction of sp³-hybridized carbons (Fsp3) is 0.222. The maximum atomic E-state index is 13.0. The number of hydrogen-bond acceptors (Lipinski definition) is 8. The largest absolute Gasteiger partial charge is 0.469 e. The van der Waals surface area contributed by atoms with Gasteiger partial charge < -0.3 is 15.5 Å². The van der Waals surface area contributed by atoms with Gasteiger partial charge in [0.15, 0.2) is 17.6 Å². The van der Waals surface area contributed by atoms with Crippen LogP contribution < -0.4 is 22.3 Å². The monoisotopic (exact) mass is 413 g/mol. The summed E-state index contributed by atoms with van der Waals surface area (Å²) in [4.78, 5) is 58.8. The molecule has 12 nitrogen and oxygen atoms in total. The molecule has 2 heterocycles. The lowest BCUT2D eigenvalue weighted by atomic mass is 10.1. The van der Waals surface area contributed by atoms with E-state index >= 15 is 0 Å². The average Bonchev–Trinajstić information content (AvgIpc) is 3.17. The highest BCUT2D eigenvalue weighted by Gasteiger charge is 2.37. The summed E-state index contributed by atoms with van der Waals surface area (Å²) in [5.74, 6) is -0.611. The molecule has 0 amide bonds. The minimum absolute atomic E-state index is 0.0131. The van der Waals surface area contributed by atoms with E-state index in [9.17, 15) is 19.2 Å². The van der Waals surface area contributed by atoms with E-state index in [1.165, 1.54) is 7.05 Å². The fourth-order valence-corrected chi connectivity index (χ4v) is 3.01. The third-order valence-corrected chi connectivity index (χ3v) is 4.69. The van der Waals surface area contributed by atoms with Crippen LogP contribution in [0.25, 0.3) is 22.6 Å². The van der Waals surface area contributed by atoms with Gasteiger partial charge in [-0.05, 0) is 7.05 Å². The zero-order valence-electron chi connectivity index (χ0n) is 16.1. The Morgan fingerprint density at radius 2 is 2.00 bits per heavy atom. The molecule has 0 radical (unpaired) electrons. The van der Waals surface area contributed by atoms with Gasteiger partial charge in [-0.2, -0.15) is 0 Å². The normalized spacial score (nSPS) is 13.0.